The Bertz CT molecular complexity index is 1550. The van der Waals surface area contributed by atoms with Crippen LogP contribution in [0.2, 0.25) is 0 Å². The zero-order chi connectivity index (χ0) is 28.3. The number of benzene rings is 3. The van der Waals surface area contributed by atoms with E-state index in [1.807, 2.05) is 48.5 Å². The minimum atomic E-state index is -0.914. The number of carboxylic acids is 2. The number of unbranched alkanes of at least 4 members (excludes halogenated alkanes) is 1. The molecule has 0 unspecified atom stereocenters. The minimum absolute atomic E-state index is 0.0848. The molecule has 7 nitrogen and oxygen atoms in total. The maximum atomic E-state index is 11.8. The summed E-state index contributed by atoms with van der Waals surface area (Å²) >= 11 is 7.09. The van der Waals surface area contributed by atoms with Crippen LogP contribution in [0.5, 0.6) is 0 Å². The van der Waals surface area contributed by atoms with E-state index in [-0.39, 0.29) is 25.7 Å². The molecule has 0 spiro atoms. The Morgan fingerprint density at radius 3 is 2.30 bits per heavy atom. The Balaban J connectivity index is 1.61. The number of anilines is 1. The molecule has 0 amide bonds. The molecule has 0 radical (unpaired) electrons. The zero-order valence-corrected chi connectivity index (χ0v) is 23.8. The smallest absolute Gasteiger partial charge is 0.303 e. The van der Waals surface area contributed by atoms with E-state index in [1.165, 1.54) is 0 Å². The molecule has 3 aromatic carbocycles. The van der Waals surface area contributed by atoms with Crippen LogP contribution in [0.3, 0.4) is 0 Å². The van der Waals surface area contributed by atoms with Gasteiger partial charge in [-0.1, -0.05) is 43.7 Å². The first-order chi connectivity index (χ1) is 19.3. The average molecular weight is 574 g/mol. The first-order valence-electron chi connectivity index (χ1n) is 13.4. The predicted molar refractivity (Wildman–Crippen MR) is 164 cm³/mol. The number of nitrogens with zero attached hydrogens (tertiary/aromatic N) is 1. The lowest BCUT2D eigenvalue weighted by atomic mass is 9.71. The molecule has 0 atom stereocenters. The van der Waals surface area contributed by atoms with Crippen LogP contribution in [0.1, 0.15) is 56.6 Å². The minimum Gasteiger partial charge on any atom is -0.481 e. The fourth-order valence-corrected chi connectivity index (χ4v) is 6.74. The molecule has 9 heteroatoms. The normalized spacial score (nSPS) is 13.0. The highest BCUT2D eigenvalue weighted by atomic mass is 32.1. The van der Waals surface area contributed by atoms with Crippen LogP contribution in [0.15, 0.2) is 60.7 Å². The van der Waals surface area contributed by atoms with Gasteiger partial charge in [0.25, 0.3) is 0 Å². The number of nitrogens with one attached hydrogen (secondary N) is 2. The number of rotatable bonds is 11. The summed E-state index contributed by atoms with van der Waals surface area (Å²) in [6, 6.07) is 20.2. The van der Waals surface area contributed by atoms with E-state index in [1.54, 1.807) is 11.3 Å². The fourth-order valence-electron chi connectivity index (χ4n) is 5.56. The Kier molecular flexibility index (Phi) is 8.14. The van der Waals surface area contributed by atoms with E-state index in [2.05, 4.69) is 29.7 Å². The molecule has 0 fully saturated rings. The summed E-state index contributed by atoms with van der Waals surface area (Å²) in [6.07, 6.45) is 2.45. The van der Waals surface area contributed by atoms with Crippen molar-refractivity contribution in [2.24, 2.45) is 0 Å². The van der Waals surface area contributed by atoms with Gasteiger partial charge in [-0.3, -0.25) is 9.59 Å². The number of carbonyl (C=O) groups is 2. The molecular formula is C31H31N3O4S2. The largest absolute Gasteiger partial charge is 0.481 e. The maximum Gasteiger partial charge on any atom is 0.303 e. The third-order valence-corrected chi connectivity index (χ3v) is 8.84. The van der Waals surface area contributed by atoms with Crippen molar-refractivity contribution in [2.75, 3.05) is 11.9 Å². The van der Waals surface area contributed by atoms with Crippen molar-refractivity contribution in [3.05, 3.63) is 71.8 Å². The van der Waals surface area contributed by atoms with Crippen LogP contribution in [0.4, 0.5) is 5.69 Å². The van der Waals surface area contributed by atoms with Crippen LogP contribution < -0.4 is 10.6 Å². The third kappa shape index (κ3) is 5.57. The second kappa shape index (κ2) is 11.7. The molecule has 0 saturated carbocycles. The number of para-hydroxylation sites is 1. The van der Waals surface area contributed by atoms with E-state index in [0.717, 1.165) is 68.1 Å². The van der Waals surface area contributed by atoms with Gasteiger partial charge in [-0.25, -0.2) is 4.98 Å². The molecule has 5 rings (SSSR count). The molecule has 0 saturated heterocycles. The van der Waals surface area contributed by atoms with Crippen LogP contribution >= 0.6 is 23.6 Å². The van der Waals surface area contributed by atoms with E-state index in [0.29, 0.717) is 5.11 Å². The quantitative estimate of drug-likeness (QED) is 0.112. The SMILES string of the molecule is CCCCNC(=S)Nc1ccc2c(c1)C(CCC(=O)O)(CCC(=O)O)c1cc(-c3nc4ccccc4s3)ccc1-2. The lowest BCUT2D eigenvalue weighted by Crippen LogP contribution is -2.30. The highest BCUT2D eigenvalue weighted by molar-refractivity contribution is 7.80. The van der Waals surface area contributed by atoms with Crippen LogP contribution in [-0.4, -0.2) is 38.8 Å². The van der Waals surface area contributed by atoms with Gasteiger partial charge < -0.3 is 20.8 Å². The van der Waals surface area contributed by atoms with E-state index in [9.17, 15) is 19.8 Å². The molecule has 0 aliphatic heterocycles. The zero-order valence-electron chi connectivity index (χ0n) is 22.2. The number of thiocarbonyl (C=S) groups is 1. The predicted octanol–water partition coefficient (Wildman–Crippen LogP) is 7.05. The van der Waals surface area contributed by atoms with Crippen molar-refractivity contribution in [3.8, 4) is 21.7 Å². The molecule has 1 aliphatic carbocycles. The first-order valence-corrected chi connectivity index (χ1v) is 14.7. The van der Waals surface area contributed by atoms with Gasteiger partial charge in [-0.15, -0.1) is 11.3 Å². The summed E-state index contributed by atoms with van der Waals surface area (Å²) in [5.74, 6) is -1.83. The number of carboxylic acid groups (broad SMARTS) is 2. The summed E-state index contributed by atoms with van der Waals surface area (Å²) in [5, 5.41) is 27.2. The topological polar surface area (TPSA) is 112 Å². The van der Waals surface area contributed by atoms with E-state index >= 15 is 0 Å². The second-order valence-electron chi connectivity index (χ2n) is 10.1. The summed E-state index contributed by atoms with van der Waals surface area (Å²) < 4.78 is 1.09. The van der Waals surface area contributed by atoms with Crippen LogP contribution in [-0.2, 0) is 15.0 Å². The van der Waals surface area contributed by atoms with Gasteiger partial charge in [0.15, 0.2) is 5.11 Å². The number of hydrogen-bond acceptors (Lipinski definition) is 5. The molecule has 4 aromatic rings. The number of fused-ring (bicyclic) bond motifs is 4. The highest BCUT2D eigenvalue weighted by Crippen LogP contribution is 2.55. The molecule has 1 heterocycles. The Morgan fingerprint density at radius 1 is 0.950 bits per heavy atom. The lowest BCUT2D eigenvalue weighted by Gasteiger charge is -2.32. The van der Waals surface area contributed by atoms with Crippen molar-refractivity contribution in [3.63, 3.8) is 0 Å². The van der Waals surface area contributed by atoms with Crippen LogP contribution in [0.25, 0.3) is 31.9 Å². The van der Waals surface area contributed by atoms with Crippen molar-refractivity contribution < 1.29 is 19.8 Å². The van der Waals surface area contributed by atoms with Gasteiger partial charge in [0.2, 0.25) is 0 Å². The number of thiazole rings is 1. The number of aliphatic carboxylic acids is 2. The van der Waals surface area contributed by atoms with Crippen LogP contribution in [0, 0.1) is 0 Å². The van der Waals surface area contributed by atoms with Gasteiger partial charge >= 0.3 is 11.9 Å². The Labute approximate surface area is 242 Å². The molecular weight excluding hydrogens is 542 g/mol. The van der Waals surface area contributed by atoms with E-state index < -0.39 is 17.4 Å². The monoisotopic (exact) mass is 573 g/mol. The summed E-state index contributed by atoms with van der Waals surface area (Å²) in [7, 11) is 0. The Hall–Kier alpha value is -3.82. The number of aromatic nitrogens is 1. The van der Waals surface area contributed by atoms with Crippen molar-refractivity contribution in [2.45, 2.75) is 50.9 Å². The lowest BCUT2D eigenvalue weighted by molar-refractivity contribution is -0.137. The van der Waals surface area contributed by atoms with E-state index in [4.69, 9.17) is 17.2 Å². The molecule has 40 heavy (non-hydrogen) atoms. The molecule has 1 aliphatic rings. The van der Waals surface area contributed by atoms with Crippen molar-refractivity contribution >= 4 is 56.5 Å². The Morgan fingerprint density at radius 2 is 1.62 bits per heavy atom. The standard InChI is InChI=1S/C31H31N3O4S2/c1-2-3-16-32-30(39)33-20-9-11-22-21-10-8-19(29-34-25-6-4-5-7-26(25)40-29)17-23(21)31(24(22)18-20,14-12-27(35)36)15-13-28(37)38/h4-11,17-18H,2-3,12-16H2,1H3,(H,35,36)(H,37,38)(H2,32,33,39). The maximum absolute atomic E-state index is 11.8. The molecule has 1 aromatic heterocycles. The van der Waals surface area contributed by atoms with Gasteiger partial charge in [-0.05, 0) is 84.1 Å². The first kappa shape index (κ1) is 27.7. The second-order valence-corrected chi connectivity index (χ2v) is 11.6. The third-order valence-electron chi connectivity index (χ3n) is 7.51. The van der Waals surface area contributed by atoms with Gasteiger partial charge in [-0.2, -0.15) is 0 Å². The molecule has 4 N–H and O–H groups in total. The molecule has 0 bridgehead atoms. The van der Waals surface area contributed by atoms with Gasteiger partial charge in [0.05, 0.1) is 10.2 Å². The molecule has 206 valence electrons. The number of hydrogen-bond donors (Lipinski definition) is 4. The van der Waals surface area contributed by atoms with Crippen molar-refractivity contribution in [1.82, 2.24) is 10.3 Å². The summed E-state index contributed by atoms with van der Waals surface area (Å²) in [5.41, 5.74) is 5.69. The average Bonchev–Trinajstić information content (AvgIpc) is 3.48. The van der Waals surface area contributed by atoms with Crippen molar-refractivity contribution in [1.29, 1.82) is 0 Å². The van der Waals surface area contributed by atoms with Gasteiger partial charge in [0.1, 0.15) is 5.01 Å². The summed E-state index contributed by atoms with van der Waals surface area (Å²) in [6.45, 7) is 2.89. The van der Waals surface area contributed by atoms with Gasteiger partial charge in [0, 0.05) is 36.1 Å². The fraction of sp³-hybridized carbons (Fsp3) is 0.290. The highest BCUT2D eigenvalue weighted by Gasteiger charge is 2.44. The summed E-state index contributed by atoms with van der Waals surface area (Å²) in [4.78, 5) is 28.5.